The molecule has 1 aliphatic rings. The maximum absolute atomic E-state index is 13.3. The molecule has 35 heavy (non-hydrogen) atoms. The highest BCUT2D eigenvalue weighted by Gasteiger charge is 2.46. The Balaban J connectivity index is 2.12. The van der Waals surface area contributed by atoms with E-state index in [2.05, 4.69) is 5.32 Å². The normalized spacial score (nSPS) is 16.7. The Morgan fingerprint density at radius 2 is 1.54 bits per heavy atom. The van der Waals surface area contributed by atoms with Gasteiger partial charge in [0, 0.05) is 18.6 Å². The number of sulfone groups is 1. The van der Waals surface area contributed by atoms with Crippen molar-refractivity contribution >= 4 is 21.8 Å². The molecule has 0 spiro atoms. The molecule has 0 bridgehead atoms. The number of hydrogen-bond donors (Lipinski definition) is 1. The Morgan fingerprint density at radius 1 is 1.00 bits per heavy atom. The SMILES string of the molecule is CC(C)(C)NC(=O)OC(C)(C)C(=O)N1CCC(C(C)(C)S(=O)(=O)c2cccc(C(F)(F)F)c2)CC1. The van der Waals surface area contributed by atoms with E-state index in [1.807, 2.05) is 0 Å². The average Bonchev–Trinajstić information content (AvgIpc) is 2.70. The third-order valence-corrected chi connectivity index (χ3v) is 8.86. The van der Waals surface area contributed by atoms with Crippen LogP contribution in [0.25, 0.3) is 0 Å². The summed E-state index contributed by atoms with van der Waals surface area (Å²) >= 11 is 0. The maximum atomic E-state index is 13.3. The van der Waals surface area contributed by atoms with E-state index in [0.717, 1.165) is 12.1 Å². The molecule has 0 saturated carbocycles. The summed E-state index contributed by atoms with van der Waals surface area (Å²) in [6.45, 7) is 11.8. The fourth-order valence-electron chi connectivity index (χ4n) is 4.13. The molecule has 0 aromatic heterocycles. The number of carbonyl (C=O) groups excluding carboxylic acids is 2. The number of amides is 2. The first kappa shape index (κ1) is 28.9. The highest BCUT2D eigenvalue weighted by atomic mass is 32.2. The van der Waals surface area contributed by atoms with Crippen LogP contribution in [-0.2, 0) is 25.5 Å². The lowest BCUT2D eigenvalue weighted by Gasteiger charge is -2.42. The first-order chi connectivity index (χ1) is 15.7. The molecule has 2 amide bonds. The van der Waals surface area contributed by atoms with Gasteiger partial charge in [0.15, 0.2) is 15.4 Å². The lowest BCUT2D eigenvalue weighted by Crippen LogP contribution is -2.54. The first-order valence-electron chi connectivity index (χ1n) is 11.4. The Bertz CT molecular complexity index is 1050. The molecule has 198 valence electrons. The largest absolute Gasteiger partial charge is 0.433 e. The maximum Gasteiger partial charge on any atom is 0.416 e. The smallest absolute Gasteiger partial charge is 0.416 e. The van der Waals surface area contributed by atoms with E-state index < -0.39 is 49.5 Å². The highest BCUT2D eigenvalue weighted by Crippen LogP contribution is 2.39. The fraction of sp³-hybridized carbons (Fsp3) is 0.667. The Labute approximate surface area is 205 Å². The van der Waals surface area contributed by atoms with Crippen LogP contribution in [0.15, 0.2) is 29.2 Å². The van der Waals surface area contributed by atoms with Crippen molar-refractivity contribution in [1.82, 2.24) is 10.2 Å². The zero-order chi connectivity index (χ0) is 27.0. The summed E-state index contributed by atoms with van der Waals surface area (Å²) in [5.74, 6) is -0.794. The van der Waals surface area contributed by atoms with E-state index in [9.17, 15) is 31.2 Å². The Morgan fingerprint density at radius 3 is 2.03 bits per heavy atom. The molecule has 0 radical (unpaired) electrons. The van der Waals surface area contributed by atoms with Crippen LogP contribution >= 0.6 is 0 Å². The summed E-state index contributed by atoms with van der Waals surface area (Å²) in [5.41, 5.74) is -2.99. The molecule has 0 unspecified atom stereocenters. The van der Waals surface area contributed by atoms with Crippen LogP contribution in [0.2, 0.25) is 0 Å². The molecule has 1 saturated heterocycles. The second-order valence-electron chi connectivity index (χ2n) is 11.0. The zero-order valence-electron chi connectivity index (χ0n) is 21.2. The van der Waals surface area contributed by atoms with E-state index in [1.54, 1.807) is 20.8 Å². The van der Waals surface area contributed by atoms with Gasteiger partial charge in [0.05, 0.1) is 15.2 Å². The van der Waals surface area contributed by atoms with Crippen molar-refractivity contribution in [3.05, 3.63) is 29.8 Å². The predicted molar refractivity (Wildman–Crippen MR) is 125 cm³/mol. The van der Waals surface area contributed by atoms with Crippen molar-refractivity contribution in [2.24, 2.45) is 5.92 Å². The van der Waals surface area contributed by atoms with Crippen LogP contribution in [0.1, 0.15) is 66.9 Å². The van der Waals surface area contributed by atoms with Crippen molar-refractivity contribution in [1.29, 1.82) is 0 Å². The number of carbonyl (C=O) groups is 2. The lowest BCUT2D eigenvalue weighted by atomic mass is 9.85. The van der Waals surface area contributed by atoms with Crippen molar-refractivity contribution in [3.63, 3.8) is 0 Å². The van der Waals surface area contributed by atoms with E-state index in [-0.39, 0.29) is 23.9 Å². The minimum atomic E-state index is -4.65. The molecule has 1 fully saturated rings. The van der Waals surface area contributed by atoms with Gasteiger partial charge in [-0.25, -0.2) is 13.2 Å². The predicted octanol–water partition coefficient (Wildman–Crippen LogP) is 4.80. The number of alkyl halides is 3. The van der Waals surface area contributed by atoms with Gasteiger partial charge in [0.25, 0.3) is 5.91 Å². The van der Waals surface area contributed by atoms with E-state index >= 15 is 0 Å². The quantitative estimate of drug-likeness (QED) is 0.602. The second kappa shape index (κ2) is 9.63. The van der Waals surface area contributed by atoms with Gasteiger partial charge in [-0.2, -0.15) is 13.2 Å². The molecule has 1 aromatic carbocycles. The van der Waals surface area contributed by atoms with E-state index in [0.29, 0.717) is 18.9 Å². The van der Waals surface area contributed by atoms with Crippen LogP contribution in [0, 0.1) is 5.92 Å². The van der Waals surface area contributed by atoms with Crippen LogP contribution in [-0.4, -0.2) is 54.3 Å². The highest BCUT2D eigenvalue weighted by molar-refractivity contribution is 7.92. The second-order valence-corrected chi connectivity index (χ2v) is 13.5. The molecule has 11 heteroatoms. The fourth-order valence-corrected chi connectivity index (χ4v) is 5.95. The zero-order valence-corrected chi connectivity index (χ0v) is 22.1. The Kier molecular flexibility index (Phi) is 7.96. The average molecular weight is 521 g/mol. The van der Waals surface area contributed by atoms with E-state index in [1.165, 1.54) is 38.7 Å². The van der Waals surface area contributed by atoms with Gasteiger partial charge in [-0.3, -0.25) is 4.79 Å². The van der Waals surface area contributed by atoms with Crippen molar-refractivity contribution in [2.45, 2.75) is 88.3 Å². The van der Waals surface area contributed by atoms with Gasteiger partial charge in [0.1, 0.15) is 0 Å². The minimum absolute atomic E-state index is 0.235. The van der Waals surface area contributed by atoms with Gasteiger partial charge in [-0.15, -0.1) is 0 Å². The van der Waals surface area contributed by atoms with Crippen LogP contribution in [0.5, 0.6) is 0 Å². The molecule has 7 nitrogen and oxygen atoms in total. The molecule has 2 rings (SSSR count). The number of rotatable bonds is 5. The number of piperidine rings is 1. The molecular formula is C24H35F3N2O5S. The van der Waals surface area contributed by atoms with Gasteiger partial charge in [0.2, 0.25) is 0 Å². The van der Waals surface area contributed by atoms with Crippen molar-refractivity contribution < 1.29 is 35.9 Å². The van der Waals surface area contributed by atoms with Crippen LogP contribution in [0.3, 0.4) is 0 Å². The third kappa shape index (κ3) is 6.68. The number of likely N-dealkylation sites (tertiary alicyclic amines) is 1. The molecule has 1 N–H and O–H groups in total. The molecule has 1 aliphatic heterocycles. The molecule has 0 aliphatic carbocycles. The molecular weight excluding hydrogens is 485 g/mol. The van der Waals surface area contributed by atoms with Gasteiger partial charge < -0.3 is 15.0 Å². The minimum Gasteiger partial charge on any atom is -0.433 e. The Hall–Kier alpha value is -2.30. The lowest BCUT2D eigenvalue weighted by molar-refractivity contribution is -0.149. The molecule has 1 aromatic rings. The number of ether oxygens (including phenoxy) is 1. The number of alkyl carbamates (subject to hydrolysis) is 1. The van der Waals surface area contributed by atoms with Gasteiger partial charge in [-0.1, -0.05) is 6.07 Å². The van der Waals surface area contributed by atoms with E-state index in [4.69, 9.17) is 4.74 Å². The number of halogens is 3. The summed E-state index contributed by atoms with van der Waals surface area (Å²) < 4.78 is 70.0. The van der Waals surface area contributed by atoms with Crippen LogP contribution in [0.4, 0.5) is 18.0 Å². The van der Waals surface area contributed by atoms with Gasteiger partial charge in [-0.05, 0) is 85.4 Å². The molecule has 1 heterocycles. The number of hydrogen-bond acceptors (Lipinski definition) is 5. The summed E-state index contributed by atoms with van der Waals surface area (Å²) in [6.07, 6.45) is -4.71. The monoisotopic (exact) mass is 520 g/mol. The van der Waals surface area contributed by atoms with Crippen molar-refractivity contribution in [3.8, 4) is 0 Å². The number of nitrogens with zero attached hydrogens (tertiary/aromatic N) is 1. The summed E-state index contributed by atoms with van der Waals surface area (Å²) in [5, 5.41) is 2.64. The van der Waals surface area contributed by atoms with Crippen molar-refractivity contribution in [2.75, 3.05) is 13.1 Å². The van der Waals surface area contributed by atoms with Crippen LogP contribution < -0.4 is 5.32 Å². The van der Waals surface area contributed by atoms with Gasteiger partial charge >= 0.3 is 12.3 Å². The number of nitrogens with one attached hydrogen (secondary N) is 1. The number of benzene rings is 1. The molecule has 0 atom stereocenters. The summed E-state index contributed by atoms with van der Waals surface area (Å²) in [4.78, 5) is 26.3. The summed E-state index contributed by atoms with van der Waals surface area (Å²) in [7, 11) is -4.10. The topological polar surface area (TPSA) is 92.8 Å². The summed E-state index contributed by atoms with van der Waals surface area (Å²) in [6, 6.07) is 3.76. The standard InChI is InChI=1S/C24H35F3N2O5S/c1-21(2,3)28-20(31)34-22(4,5)19(30)29-13-11-16(12-14-29)23(6,7)35(32,33)18-10-8-9-17(15-18)24(25,26)27/h8-10,15-16H,11-14H2,1-7H3,(H,28,31). The third-order valence-electron chi connectivity index (χ3n) is 6.27. The first-order valence-corrected chi connectivity index (χ1v) is 12.9.